The first kappa shape index (κ1) is 12.2. The Labute approximate surface area is 104 Å². The topological polar surface area (TPSA) is 28.7 Å². The van der Waals surface area contributed by atoms with Gasteiger partial charge in [-0.15, -0.1) is 0 Å². The molecule has 0 aliphatic carbocycles. The van der Waals surface area contributed by atoms with E-state index in [0.717, 1.165) is 12.1 Å². The summed E-state index contributed by atoms with van der Waals surface area (Å²) < 4.78 is 38.3. The zero-order valence-electron chi connectivity index (χ0n) is 8.77. The fourth-order valence-corrected chi connectivity index (χ4v) is 1.93. The molecule has 2 nitrogen and oxygen atoms in total. The zero-order valence-corrected chi connectivity index (χ0v) is 10.4. The number of aromatic amines is 1. The van der Waals surface area contributed by atoms with E-state index in [2.05, 4.69) is 25.9 Å². The summed E-state index contributed by atoms with van der Waals surface area (Å²) in [5.74, 6) is 0.657. The maximum atomic E-state index is 12.6. The summed E-state index contributed by atoms with van der Waals surface area (Å²) in [6.07, 6.45) is -2.83. The predicted molar refractivity (Wildman–Crippen MR) is 61.5 cm³/mol. The van der Waals surface area contributed by atoms with Crippen molar-refractivity contribution in [3.05, 3.63) is 40.3 Å². The molecule has 0 bridgehead atoms. The van der Waals surface area contributed by atoms with Crippen LogP contribution in [0.2, 0.25) is 0 Å². The molecule has 90 valence electrons. The SMILES string of the molecule is Cc1ncc(-c2cc(C(F)(F)F)ccc2Br)[nH]1. The molecule has 17 heavy (non-hydrogen) atoms. The van der Waals surface area contributed by atoms with Gasteiger partial charge < -0.3 is 4.98 Å². The van der Waals surface area contributed by atoms with Crippen molar-refractivity contribution in [3.63, 3.8) is 0 Å². The minimum absolute atomic E-state index is 0.445. The zero-order chi connectivity index (χ0) is 12.6. The summed E-state index contributed by atoms with van der Waals surface area (Å²) >= 11 is 3.23. The summed E-state index contributed by atoms with van der Waals surface area (Å²) in [5, 5.41) is 0. The van der Waals surface area contributed by atoms with Gasteiger partial charge in [0.25, 0.3) is 0 Å². The van der Waals surface area contributed by atoms with Crippen LogP contribution in [0, 0.1) is 6.92 Å². The molecular weight excluding hydrogens is 297 g/mol. The lowest BCUT2D eigenvalue weighted by Crippen LogP contribution is -2.04. The molecule has 6 heteroatoms. The molecule has 0 saturated carbocycles. The Morgan fingerprint density at radius 1 is 1.29 bits per heavy atom. The highest BCUT2D eigenvalue weighted by Gasteiger charge is 2.31. The van der Waals surface area contributed by atoms with E-state index in [1.807, 2.05) is 0 Å². The Balaban J connectivity index is 2.54. The van der Waals surface area contributed by atoms with Crippen LogP contribution in [0.25, 0.3) is 11.3 Å². The number of alkyl halides is 3. The van der Waals surface area contributed by atoms with E-state index in [1.165, 1.54) is 12.3 Å². The number of benzene rings is 1. The van der Waals surface area contributed by atoms with Crippen LogP contribution in [0.4, 0.5) is 13.2 Å². The van der Waals surface area contributed by atoms with Crippen molar-refractivity contribution in [2.24, 2.45) is 0 Å². The summed E-state index contributed by atoms with van der Waals surface area (Å²) in [5.41, 5.74) is 0.323. The molecule has 0 radical (unpaired) electrons. The molecule has 0 amide bonds. The van der Waals surface area contributed by atoms with Crippen LogP contribution >= 0.6 is 15.9 Å². The first-order valence-corrected chi connectivity index (χ1v) is 5.56. The van der Waals surface area contributed by atoms with Gasteiger partial charge in [0.1, 0.15) is 5.82 Å². The second-order valence-electron chi connectivity index (χ2n) is 3.57. The minimum Gasteiger partial charge on any atom is -0.342 e. The van der Waals surface area contributed by atoms with Gasteiger partial charge in [-0.25, -0.2) is 4.98 Å². The van der Waals surface area contributed by atoms with Crippen molar-refractivity contribution in [1.82, 2.24) is 9.97 Å². The van der Waals surface area contributed by atoms with Gasteiger partial charge in [0.15, 0.2) is 0 Å². The summed E-state index contributed by atoms with van der Waals surface area (Å²) in [4.78, 5) is 6.87. The van der Waals surface area contributed by atoms with Gasteiger partial charge >= 0.3 is 6.18 Å². The Morgan fingerprint density at radius 2 is 2.00 bits per heavy atom. The average molecular weight is 305 g/mol. The van der Waals surface area contributed by atoms with Crippen LogP contribution < -0.4 is 0 Å². The third-order valence-corrected chi connectivity index (χ3v) is 2.98. The number of halogens is 4. The monoisotopic (exact) mass is 304 g/mol. The van der Waals surface area contributed by atoms with Gasteiger partial charge in [0.05, 0.1) is 17.5 Å². The molecule has 1 aromatic heterocycles. The van der Waals surface area contributed by atoms with E-state index >= 15 is 0 Å². The number of hydrogen-bond donors (Lipinski definition) is 1. The van der Waals surface area contributed by atoms with Gasteiger partial charge in [-0.05, 0) is 25.1 Å². The number of nitrogens with zero attached hydrogens (tertiary/aromatic N) is 1. The molecule has 1 heterocycles. The van der Waals surface area contributed by atoms with Gasteiger partial charge in [-0.2, -0.15) is 13.2 Å². The molecule has 0 aliphatic heterocycles. The van der Waals surface area contributed by atoms with E-state index in [-0.39, 0.29) is 0 Å². The Bertz CT molecular complexity index is 546. The first-order chi connectivity index (χ1) is 7.88. The molecule has 0 atom stereocenters. The maximum absolute atomic E-state index is 12.6. The molecule has 2 aromatic rings. The summed E-state index contributed by atoms with van der Waals surface area (Å²) in [6, 6.07) is 3.52. The fourth-order valence-electron chi connectivity index (χ4n) is 1.47. The minimum atomic E-state index is -4.34. The predicted octanol–water partition coefficient (Wildman–Crippen LogP) is 4.17. The molecule has 0 fully saturated rings. The quantitative estimate of drug-likeness (QED) is 0.842. The lowest BCUT2D eigenvalue weighted by molar-refractivity contribution is -0.137. The van der Waals surface area contributed by atoms with Gasteiger partial charge in [-0.1, -0.05) is 15.9 Å². The van der Waals surface area contributed by atoms with Crippen LogP contribution in [0.15, 0.2) is 28.9 Å². The molecule has 0 aliphatic rings. The fraction of sp³-hybridized carbons (Fsp3) is 0.182. The number of nitrogens with one attached hydrogen (secondary N) is 1. The lowest BCUT2D eigenvalue weighted by Gasteiger charge is -2.09. The van der Waals surface area contributed by atoms with Crippen LogP contribution in [-0.2, 0) is 6.18 Å². The maximum Gasteiger partial charge on any atom is 0.416 e. The van der Waals surface area contributed by atoms with Crippen molar-refractivity contribution in [2.75, 3.05) is 0 Å². The molecule has 1 N–H and O–H groups in total. The Hall–Kier alpha value is -1.30. The number of hydrogen-bond acceptors (Lipinski definition) is 1. The van der Waals surface area contributed by atoms with Crippen LogP contribution in [0.1, 0.15) is 11.4 Å². The third kappa shape index (κ3) is 2.52. The second kappa shape index (κ2) is 4.18. The largest absolute Gasteiger partial charge is 0.416 e. The Morgan fingerprint density at radius 3 is 2.53 bits per heavy atom. The van der Waals surface area contributed by atoms with Crippen LogP contribution in [0.3, 0.4) is 0 Å². The highest BCUT2D eigenvalue weighted by molar-refractivity contribution is 9.10. The molecular formula is C11H8BrF3N2. The van der Waals surface area contributed by atoms with Crippen LogP contribution in [0.5, 0.6) is 0 Å². The second-order valence-corrected chi connectivity index (χ2v) is 4.43. The van der Waals surface area contributed by atoms with Gasteiger partial charge in [-0.3, -0.25) is 0 Å². The normalized spacial score (nSPS) is 11.8. The van der Waals surface area contributed by atoms with Crippen LogP contribution in [-0.4, -0.2) is 9.97 Å². The average Bonchev–Trinajstić information content (AvgIpc) is 2.63. The smallest absolute Gasteiger partial charge is 0.342 e. The van der Waals surface area contributed by atoms with Crippen molar-refractivity contribution in [2.45, 2.75) is 13.1 Å². The van der Waals surface area contributed by atoms with E-state index in [0.29, 0.717) is 21.6 Å². The molecule has 0 unspecified atom stereocenters. The summed E-state index contributed by atoms with van der Waals surface area (Å²) in [6.45, 7) is 1.74. The van der Waals surface area contributed by atoms with E-state index in [4.69, 9.17) is 0 Å². The number of rotatable bonds is 1. The van der Waals surface area contributed by atoms with Gasteiger partial charge in [0, 0.05) is 10.0 Å². The summed E-state index contributed by atoms with van der Waals surface area (Å²) in [7, 11) is 0. The molecule has 0 spiro atoms. The first-order valence-electron chi connectivity index (χ1n) is 4.76. The van der Waals surface area contributed by atoms with Gasteiger partial charge in [0.2, 0.25) is 0 Å². The third-order valence-electron chi connectivity index (χ3n) is 2.29. The van der Waals surface area contributed by atoms with Crippen molar-refractivity contribution in [1.29, 1.82) is 0 Å². The molecule has 2 rings (SSSR count). The van der Waals surface area contributed by atoms with Crippen molar-refractivity contribution in [3.8, 4) is 11.3 Å². The highest BCUT2D eigenvalue weighted by atomic mass is 79.9. The van der Waals surface area contributed by atoms with E-state index in [1.54, 1.807) is 6.92 Å². The lowest BCUT2D eigenvalue weighted by atomic mass is 10.1. The Kier molecular flexibility index (Phi) is 2.99. The molecule has 1 aromatic carbocycles. The number of imidazole rings is 1. The van der Waals surface area contributed by atoms with Crippen molar-refractivity contribution < 1.29 is 13.2 Å². The van der Waals surface area contributed by atoms with Crippen molar-refractivity contribution >= 4 is 15.9 Å². The number of H-pyrrole nitrogens is 1. The number of aromatic nitrogens is 2. The standard InChI is InChI=1S/C11H8BrF3N2/c1-6-16-5-10(17-6)8-4-7(11(13,14)15)2-3-9(8)12/h2-5H,1H3,(H,16,17). The van der Waals surface area contributed by atoms with E-state index in [9.17, 15) is 13.2 Å². The highest BCUT2D eigenvalue weighted by Crippen LogP contribution is 2.35. The molecule has 0 saturated heterocycles. The number of aryl methyl sites for hydroxylation is 1. The van der Waals surface area contributed by atoms with E-state index < -0.39 is 11.7 Å².